The van der Waals surface area contributed by atoms with Gasteiger partial charge in [-0.1, -0.05) is 85.3 Å². The number of nitrogens with one attached hydrogen (secondary N) is 4. The van der Waals surface area contributed by atoms with Crippen molar-refractivity contribution in [1.29, 1.82) is 0 Å². The Morgan fingerprint density at radius 1 is 0.685 bits per heavy atom. The highest BCUT2D eigenvalue weighted by molar-refractivity contribution is 6.23. The summed E-state index contributed by atoms with van der Waals surface area (Å²) in [5, 5.41) is 22.4. The minimum Gasteiger partial charge on any atom is -0.508 e. The first kappa shape index (κ1) is 52.7. The summed E-state index contributed by atoms with van der Waals surface area (Å²) in [6.07, 6.45) is 2.72. The van der Waals surface area contributed by atoms with Crippen molar-refractivity contribution < 1.29 is 43.5 Å². The highest BCUT2D eigenvalue weighted by Crippen LogP contribution is 2.30. The van der Waals surface area contributed by atoms with E-state index in [2.05, 4.69) is 21.3 Å². The number of anilines is 1. The third-order valence-corrected chi connectivity index (χ3v) is 13.2. The number of nitrogens with two attached hydrogens (primary N) is 2. The van der Waals surface area contributed by atoms with Crippen molar-refractivity contribution in [2.24, 2.45) is 11.5 Å². The van der Waals surface area contributed by atoms with Crippen molar-refractivity contribution in [3.8, 4) is 5.75 Å². The van der Waals surface area contributed by atoms with E-state index in [1.165, 1.54) is 17.0 Å². The van der Waals surface area contributed by atoms with Crippen LogP contribution in [0, 0.1) is 0 Å². The van der Waals surface area contributed by atoms with Crippen LogP contribution in [0.5, 0.6) is 5.75 Å². The monoisotopic (exact) mass is 993 g/mol. The Morgan fingerprint density at radius 3 is 1.90 bits per heavy atom. The third-order valence-electron chi connectivity index (χ3n) is 13.2. The summed E-state index contributed by atoms with van der Waals surface area (Å²) in [4.78, 5) is 112. The molecule has 0 saturated carbocycles. The van der Waals surface area contributed by atoms with E-state index >= 15 is 0 Å². The third kappa shape index (κ3) is 13.6. The molecule has 2 aliphatic heterocycles. The smallest absolute Gasteiger partial charge is 0.261 e. The van der Waals surface area contributed by atoms with Gasteiger partial charge < -0.3 is 47.6 Å². The van der Waals surface area contributed by atoms with Gasteiger partial charge in [-0.3, -0.25) is 43.3 Å². The van der Waals surface area contributed by atoms with Gasteiger partial charge in [0.05, 0.1) is 23.7 Å². The largest absolute Gasteiger partial charge is 0.508 e. The lowest BCUT2D eigenvalue weighted by atomic mass is 10.0. The normalized spacial score (nSPS) is 15.7. The van der Waals surface area contributed by atoms with E-state index in [-0.39, 0.29) is 49.1 Å². The predicted octanol–water partition coefficient (Wildman–Crippen LogP) is 2.87. The minimum absolute atomic E-state index is 0.0000428. The maximum atomic E-state index is 14.3. The number of phenols is 1. The second-order valence-electron chi connectivity index (χ2n) is 18.8. The molecular formula is C55H63N9O9. The number of primary amides is 1. The number of hydrogen-bond donors (Lipinski definition) is 7. The van der Waals surface area contributed by atoms with Crippen LogP contribution >= 0.6 is 0 Å². The van der Waals surface area contributed by atoms with Gasteiger partial charge in [0.25, 0.3) is 11.8 Å². The maximum Gasteiger partial charge on any atom is 0.261 e. The number of unbranched alkanes of at least 4 members (excludes halogenated alkanes) is 2. The highest BCUT2D eigenvalue weighted by Gasteiger charge is 2.40. The Morgan fingerprint density at radius 2 is 1.29 bits per heavy atom. The molecule has 382 valence electrons. The first-order valence-electron chi connectivity index (χ1n) is 24.6. The van der Waals surface area contributed by atoms with Crippen LogP contribution in [0.3, 0.4) is 0 Å². The molecule has 0 bridgehead atoms. The Hall–Kier alpha value is -8.12. The van der Waals surface area contributed by atoms with Crippen LogP contribution in [0.25, 0.3) is 10.8 Å². The van der Waals surface area contributed by atoms with E-state index in [1.54, 1.807) is 24.3 Å². The number of aromatic hydroxyl groups is 1. The Bertz CT molecular complexity index is 2830. The summed E-state index contributed by atoms with van der Waals surface area (Å²) in [6, 6.07) is 28.4. The summed E-state index contributed by atoms with van der Waals surface area (Å²) >= 11 is 0. The molecule has 73 heavy (non-hydrogen) atoms. The number of hydrogen-bond acceptors (Lipinski definition) is 11. The van der Waals surface area contributed by atoms with Crippen molar-refractivity contribution >= 4 is 63.7 Å². The number of carbonyl (C=O) groups excluding carboxylic acids is 8. The van der Waals surface area contributed by atoms with Gasteiger partial charge >= 0.3 is 0 Å². The van der Waals surface area contributed by atoms with Crippen molar-refractivity contribution in [2.45, 2.75) is 88.0 Å². The summed E-state index contributed by atoms with van der Waals surface area (Å²) < 4.78 is 0. The maximum absolute atomic E-state index is 14.3. The van der Waals surface area contributed by atoms with Gasteiger partial charge in [0.1, 0.15) is 29.9 Å². The average molecular weight is 994 g/mol. The number of carbonyl (C=O) groups is 8. The first-order chi connectivity index (χ1) is 35.1. The van der Waals surface area contributed by atoms with Gasteiger partial charge in [0, 0.05) is 52.1 Å². The number of likely N-dealkylation sites (tertiary alicyclic amines) is 1. The molecule has 9 N–H and O–H groups in total. The molecule has 1 saturated heterocycles. The number of fused-ring (bicyclic) bond motifs is 2. The second-order valence-corrected chi connectivity index (χ2v) is 18.8. The Kier molecular flexibility index (Phi) is 17.6. The minimum atomic E-state index is -1.32. The van der Waals surface area contributed by atoms with Gasteiger partial charge in [0.15, 0.2) is 0 Å². The second kappa shape index (κ2) is 24.3. The van der Waals surface area contributed by atoms with Crippen molar-refractivity contribution in [1.82, 2.24) is 31.1 Å². The molecular weight excluding hydrogens is 931 g/mol. The first-order valence-corrected chi connectivity index (χ1v) is 24.6. The summed E-state index contributed by atoms with van der Waals surface area (Å²) in [5.74, 6) is -4.47. The molecule has 0 radical (unpaired) electrons. The van der Waals surface area contributed by atoms with E-state index in [1.807, 2.05) is 97.9 Å². The molecule has 1 fully saturated rings. The van der Waals surface area contributed by atoms with Crippen molar-refractivity contribution in [3.63, 3.8) is 0 Å². The highest BCUT2D eigenvalue weighted by atomic mass is 16.3. The average Bonchev–Trinajstić information content (AvgIpc) is 3.96. The molecule has 2 aliphatic rings. The van der Waals surface area contributed by atoms with Crippen LogP contribution in [0.15, 0.2) is 115 Å². The lowest BCUT2D eigenvalue weighted by Gasteiger charge is -2.29. The summed E-state index contributed by atoms with van der Waals surface area (Å²) in [5.41, 5.74) is 15.6. The molecule has 5 aromatic carbocycles. The van der Waals surface area contributed by atoms with Crippen LogP contribution < -0.4 is 37.6 Å². The van der Waals surface area contributed by atoms with Crippen molar-refractivity contribution in [3.05, 3.63) is 143 Å². The topological polar surface area (TPSA) is 267 Å². The zero-order chi connectivity index (χ0) is 52.2. The van der Waals surface area contributed by atoms with Crippen LogP contribution in [0.4, 0.5) is 5.69 Å². The van der Waals surface area contributed by atoms with Gasteiger partial charge in [-0.2, -0.15) is 0 Å². The number of phenolic OH excluding ortho intramolecular Hbond substituents is 1. The van der Waals surface area contributed by atoms with E-state index in [4.69, 9.17) is 11.5 Å². The number of benzene rings is 5. The lowest BCUT2D eigenvalue weighted by Crippen LogP contribution is -2.58. The molecule has 18 nitrogen and oxygen atoms in total. The molecule has 5 atom stereocenters. The summed E-state index contributed by atoms with van der Waals surface area (Å²) in [7, 11) is 3.79. The quantitative estimate of drug-likeness (QED) is 0.0370. The number of amides is 8. The molecule has 0 spiro atoms. The SMILES string of the molecule is CN(C)c1ccc2cc3c(cc2c1)C(=O)N(C[C@H](NC(=O)CCCCCNC(=O)[C@H](Cc1ccccc1)NC(=O)[C@H](Cc1ccccc1)NC(=O)[C@@H]1CCCN1C(=O)[C@@H](N)Cc1ccc(O)cc1)C(N)=O)C3=O. The van der Waals surface area contributed by atoms with Gasteiger partial charge in [-0.15, -0.1) is 0 Å². The molecule has 18 heteroatoms. The van der Waals surface area contributed by atoms with E-state index in [0.717, 1.165) is 38.1 Å². The fourth-order valence-electron chi connectivity index (χ4n) is 9.19. The van der Waals surface area contributed by atoms with E-state index < -0.39 is 84.0 Å². The van der Waals surface area contributed by atoms with E-state index in [9.17, 15) is 43.5 Å². The number of rotatable bonds is 23. The zero-order valence-electron chi connectivity index (χ0n) is 41.1. The fourth-order valence-corrected chi connectivity index (χ4v) is 9.19. The molecule has 5 aromatic rings. The van der Waals surface area contributed by atoms with Crippen molar-refractivity contribution in [2.75, 3.05) is 38.6 Å². The molecule has 8 amide bonds. The molecule has 0 aromatic heterocycles. The molecule has 7 rings (SSSR count). The Balaban J connectivity index is 0.918. The van der Waals surface area contributed by atoms with Crippen LogP contribution in [-0.4, -0.2) is 126 Å². The van der Waals surface area contributed by atoms with Gasteiger partial charge in [-0.05, 0) is 96.0 Å². The van der Waals surface area contributed by atoms with Gasteiger partial charge in [0.2, 0.25) is 35.4 Å². The summed E-state index contributed by atoms with van der Waals surface area (Å²) in [6.45, 7) is 0.0926. The zero-order valence-corrected chi connectivity index (χ0v) is 41.1. The molecule has 2 heterocycles. The molecule has 0 aliphatic carbocycles. The van der Waals surface area contributed by atoms with Crippen LogP contribution in [0.2, 0.25) is 0 Å². The standard InChI is InChI=1S/C55H63N9O9/c1-62(2)39-22-21-37-31-41-42(32-38(37)30-39)54(72)64(53(41)71)33-46(49(57)67)59-48(66)18-10-5-11-25-58-50(68)44(28-34-13-6-3-7-14-34)60-51(69)45(29-35-15-8-4-9-16-35)61-52(70)47-17-12-26-63(47)55(73)43(56)27-36-19-23-40(65)24-20-36/h3-4,6-9,13-16,19-24,30-32,43-47,65H,5,10-12,17-18,25-29,33,56H2,1-2H3,(H2,57,67)(H,58,68)(H,59,66)(H,60,69)(H,61,70)/t43-,44-,45-,46-,47-/m0/s1. The van der Waals surface area contributed by atoms with Crippen LogP contribution in [-0.2, 0) is 48.0 Å². The lowest BCUT2D eigenvalue weighted by molar-refractivity contribution is -0.140. The number of nitrogens with zero attached hydrogens (tertiary/aromatic N) is 3. The fraction of sp³-hybridized carbons (Fsp3) is 0.345. The Labute approximate surface area is 423 Å². The van der Waals surface area contributed by atoms with Crippen LogP contribution in [0.1, 0.15) is 75.9 Å². The number of imide groups is 1. The molecule has 0 unspecified atom stereocenters. The van der Waals surface area contributed by atoms with Gasteiger partial charge in [-0.25, -0.2) is 0 Å². The predicted molar refractivity (Wildman–Crippen MR) is 275 cm³/mol. The van der Waals surface area contributed by atoms with E-state index in [0.29, 0.717) is 38.6 Å².